The highest BCUT2D eigenvalue weighted by molar-refractivity contribution is 4.90. The van der Waals surface area contributed by atoms with Crippen molar-refractivity contribution < 1.29 is 9.13 Å². The molecule has 0 aromatic carbocycles. The van der Waals surface area contributed by atoms with E-state index in [4.69, 9.17) is 4.74 Å². The average Bonchev–Trinajstić information content (AvgIpc) is 2.26. The lowest BCUT2D eigenvalue weighted by atomic mass is 9.69. The highest BCUT2D eigenvalue weighted by Crippen LogP contribution is 2.43. The standard InChI is InChI=1S/C11H21FO.C2H6/c1-4-10(3,5-2)6-11(7-12)8-13-9-11;1-2/h4-9H2,1-3H3;1-2H3. The molecule has 1 fully saturated rings. The Labute approximate surface area is 94.4 Å². The molecule has 0 N–H and O–H groups in total. The second-order valence-corrected chi connectivity index (χ2v) is 4.82. The van der Waals surface area contributed by atoms with Gasteiger partial charge in [-0.15, -0.1) is 0 Å². The van der Waals surface area contributed by atoms with Crippen LogP contribution in [0.1, 0.15) is 53.9 Å². The lowest BCUT2D eigenvalue weighted by Gasteiger charge is -2.45. The Morgan fingerprint density at radius 2 is 1.67 bits per heavy atom. The van der Waals surface area contributed by atoms with Crippen LogP contribution in [0.25, 0.3) is 0 Å². The summed E-state index contributed by atoms with van der Waals surface area (Å²) in [5.41, 5.74) is 0.163. The van der Waals surface area contributed by atoms with Crippen molar-refractivity contribution in [2.24, 2.45) is 10.8 Å². The van der Waals surface area contributed by atoms with Gasteiger partial charge in [0.05, 0.1) is 19.9 Å². The predicted octanol–water partition coefficient (Wildman–Crippen LogP) is 4.22. The molecule has 1 nitrogen and oxygen atoms in total. The third-order valence-electron chi connectivity index (χ3n) is 3.61. The fraction of sp³-hybridized carbons (Fsp3) is 1.00. The van der Waals surface area contributed by atoms with Gasteiger partial charge < -0.3 is 4.74 Å². The van der Waals surface area contributed by atoms with Gasteiger partial charge in [0.15, 0.2) is 0 Å². The molecular formula is C13H27FO. The Balaban J connectivity index is 0.000000921. The number of alkyl halides is 1. The van der Waals surface area contributed by atoms with Crippen LogP contribution in [0.5, 0.6) is 0 Å². The van der Waals surface area contributed by atoms with Crippen molar-refractivity contribution in [1.82, 2.24) is 0 Å². The van der Waals surface area contributed by atoms with E-state index in [9.17, 15) is 4.39 Å². The van der Waals surface area contributed by atoms with Gasteiger partial charge in [0.2, 0.25) is 0 Å². The molecule has 1 heterocycles. The second-order valence-electron chi connectivity index (χ2n) is 4.82. The van der Waals surface area contributed by atoms with Crippen LogP contribution >= 0.6 is 0 Å². The van der Waals surface area contributed by atoms with Crippen molar-refractivity contribution in [1.29, 1.82) is 0 Å². The summed E-state index contributed by atoms with van der Waals surface area (Å²) in [6, 6.07) is 0. The van der Waals surface area contributed by atoms with E-state index in [2.05, 4.69) is 20.8 Å². The predicted molar refractivity (Wildman–Crippen MR) is 63.9 cm³/mol. The Bertz CT molecular complexity index is 144. The number of hydrogen-bond acceptors (Lipinski definition) is 1. The van der Waals surface area contributed by atoms with E-state index >= 15 is 0 Å². The summed E-state index contributed by atoms with van der Waals surface area (Å²) in [6.45, 7) is 11.7. The van der Waals surface area contributed by atoms with Gasteiger partial charge in [0.25, 0.3) is 0 Å². The molecule has 0 aromatic heterocycles. The molecule has 0 amide bonds. The first-order chi connectivity index (χ1) is 7.10. The van der Waals surface area contributed by atoms with Crippen LogP contribution < -0.4 is 0 Å². The van der Waals surface area contributed by atoms with E-state index in [0.29, 0.717) is 18.6 Å². The van der Waals surface area contributed by atoms with Crippen molar-refractivity contribution in [3.8, 4) is 0 Å². The topological polar surface area (TPSA) is 9.23 Å². The van der Waals surface area contributed by atoms with Gasteiger partial charge in [-0.1, -0.05) is 47.5 Å². The van der Waals surface area contributed by atoms with E-state index < -0.39 is 0 Å². The summed E-state index contributed by atoms with van der Waals surface area (Å²) >= 11 is 0. The quantitative estimate of drug-likeness (QED) is 0.671. The fourth-order valence-corrected chi connectivity index (χ4v) is 2.02. The van der Waals surface area contributed by atoms with Crippen LogP contribution in [-0.2, 0) is 4.74 Å². The SMILES string of the molecule is CC.CCC(C)(CC)CC1(CF)COC1. The molecule has 1 aliphatic rings. The smallest absolute Gasteiger partial charge is 0.0995 e. The Morgan fingerprint density at radius 1 is 1.20 bits per heavy atom. The van der Waals surface area contributed by atoms with Crippen molar-refractivity contribution in [2.75, 3.05) is 19.9 Å². The van der Waals surface area contributed by atoms with Gasteiger partial charge in [0, 0.05) is 5.41 Å². The van der Waals surface area contributed by atoms with E-state index in [1.165, 1.54) is 0 Å². The van der Waals surface area contributed by atoms with Gasteiger partial charge >= 0.3 is 0 Å². The molecule has 1 saturated heterocycles. The minimum absolute atomic E-state index is 0.138. The molecule has 1 aliphatic heterocycles. The van der Waals surface area contributed by atoms with Gasteiger partial charge in [-0.3, -0.25) is 4.39 Å². The molecule has 0 saturated carbocycles. The molecule has 0 radical (unpaired) electrons. The zero-order chi connectivity index (χ0) is 11.9. The second kappa shape index (κ2) is 6.47. The van der Waals surface area contributed by atoms with Gasteiger partial charge in [-0.2, -0.15) is 0 Å². The summed E-state index contributed by atoms with van der Waals surface area (Å²) in [5, 5.41) is 0. The molecule has 0 aliphatic carbocycles. The van der Waals surface area contributed by atoms with Crippen LogP contribution in [0.15, 0.2) is 0 Å². The van der Waals surface area contributed by atoms with E-state index in [1.54, 1.807) is 0 Å². The third kappa shape index (κ3) is 3.75. The van der Waals surface area contributed by atoms with Crippen LogP contribution in [0, 0.1) is 10.8 Å². The average molecular weight is 218 g/mol. The first-order valence-corrected chi connectivity index (χ1v) is 6.23. The monoisotopic (exact) mass is 218 g/mol. The minimum Gasteiger partial charge on any atom is -0.380 e. The van der Waals surface area contributed by atoms with Crippen LogP contribution in [-0.4, -0.2) is 19.9 Å². The lowest BCUT2D eigenvalue weighted by Crippen LogP contribution is -2.47. The summed E-state index contributed by atoms with van der Waals surface area (Å²) in [6.07, 6.45) is 3.24. The molecule has 0 aromatic rings. The highest BCUT2D eigenvalue weighted by atomic mass is 19.1. The van der Waals surface area contributed by atoms with Crippen molar-refractivity contribution in [3.63, 3.8) is 0 Å². The zero-order valence-corrected chi connectivity index (χ0v) is 11.0. The minimum atomic E-state index is -0.220. The normalized spacial score (nSPS) is 18.8. The molecule has 0 bridgehead atoms. The molecule has 2 heteroatoms. The van der Waals surface area contributed by atoms with Crippen LogP contribution in [0.2, 0.25) is 0 Å². The number of hydrogen-bond donors (Lipinski definition) is 0. The molecule has 0 spiro atoms. The van der Waals surface area contributed by atoms with Crippen molar-refractivity contribution in [3.05, 3.63) is 0 Å². The number of ether oxygens (including phenoxy) is 1. The maximum atomic E-state index is 12.8. The molecule has 15 heavy (non-hydrogen) atoms. The number of halogens is 1. The zero-order valence-electron chi connectivity index (χ0n) is 11.0. The maximum absolute atomic E-state index is 12.8. The van der Waals surface area contributed by atoms with Crippen molar-refractivity contribution >= 4 is 0 Å². The Kier molecular flexibility index (Phi) is 6.42. The molecular weight excluding hydrogens is 191 g/mol. The first kappa shape index (κ1) is 14.9. The Morgan fingerprint density at radius 3 is 1.87 bits per heavy atom. The highest BCUT2D eigenvalue weighted by Gasteiger charge is 2.43. The maximum Gasteiger partial charge on any atom is 0.0995 e. The summed E-state index contributed by atoms with van der Waals surface area (Å²) in [4.78, 5) is 0. The van der Waals surface area contributed by atoms with Crippen LogP contribution in [0.4, 0.5) is 4.39 Å². The fourth-order valence-electron chi connectivity index (χ4n) is 2.02. The molecule has 0 atom stereocenters. The lowest BCUT2D eigenvalue weighted by molar-refractivity contribution is -0.144. The van der Waals surface area contributed by atoms with Crippen molar-refractivity contribution in [2.45, 2.75) is 53.9 Å². The molecule has 1 rings (SSSR count). The summed E-state index contributed by atoms with van der Waals surface area (Å²) < 4.78 is 17.9. The summed E-state index contributed by atoms with van der Waals surface area (Å²) in [7, 11) is 0. The Hall–Kier alpha value is -0.110. The largest absolute Gasteiger partial charge is 0.380 e. The van der Waals surface area contributed by atoms with E-state index in [-0.39, 0.29) is 12.1 Å². The number of rotatable bonds is 5. The van der Waals surface area contributed by atoms with E-state index in [0.717, 1.165) is 19.3 Å². The van der Waals surface area contributed by atoms with Gasteiger partial charge in [0.1, 0.15) is 0 Å². The molecule has 0 unspecified atom stereocenters. The molecule has 92 valence electrons. The van der Waals surface area contributed by atoms with E-state index in [1.807, 2.05) is 13.8 Å². The van der Waals surface area contributed by atoms with Crippen LogP contribution in [0.3, 0.4) is 0 Å². The third-order valence-corrected chi connectivity index (χ3v) is 3.61. The summed E-state index contributed by atoms with van der Waals surface area (Å²) in [5.74, 6) is 0. The van der Waals surface area contributed by atoms with Gasteiger partial charge in [-0.05, 0) is 11.8 Å². The van der Waals surface area contributed by atoms with Gasteiger partial charge in [-0.25, -0.2) is 0 Å². The first-order valence-electron chi connectivity index (χ1n) is 6.23.